The summed E-state index contributed by atoms with van der Waals surface area (Å²) in [4.78, 5) is 4.49. The van der Waals surface area contributed by atoms with E-state index in [0.717, 1.165) is 28.0 Å². The third-order valence-corrected chi connectivity index (χ3v) is 3.28. The molecule has 2 N–H and O–H groups in total. The average molecular weight is 285 g/mol. The fourth-order valence-corrected chi connectivity index (χ4v) is 2.31. The lowest BCUT2D eigenvalue weighted by molar-refractivity contribution is 0.475. The number of rotatable bonds is 2. The number of aryl methyl sites for hydroxylation is 1. The maximum Gasteiger partial charge on any atom is 0.115 e. The number of pyridine rings is 1. The number of phenolic OH excluding ortho intramolecular Hbond substituents is 1. The Kier molecular flexibility index (Phi) is 3.20. The minimum absolute atomic E-state index is 0.245. The zero-order valence-corrected chi connectivity index (χ0v) is 11.6. The second kappa shape index (κ2) is 5.02. The van der Waals surface area contributed by atoms with Crippen LogP contribution in [0.15, 0.2) is 48.5 Å². The first-order chi connectivity index (χ1) is 9.61. The fourth-order valence-electron chi connectivity index (χ4n) is 2.13. The van der Waals surface area contributed by atoms with Crippen molar-refractivity contribution in [2.45, 2.75) is 6.92 Å². The summed E-state index contributed by atoms with van der Waals surface area (Å²) in [5, 5.41) is 14.3. The molecule has 0 aliphatic rings. The van der Waals surface area contributed by atoms with Gasteiger partial charge in [0.1, 0.15) is 5.75 Å². The maximum atomic E-state index is 9.32. The van der Waals surface area contributed by atoms with Crippen LogP contribution in [0.1, 0.15) is 5.69 Å². The molecule has 1 heterocycles. The van der Waals surface area contributed by atoms with E-state index in [-0.39, 0.29) is 5.75 Å². The Balaban J connectivity index is 2.10. The summed E-state index contributed by atoms with van der Waals surface area (Å²) in [5.41, 5.74) is 3.67. The Hall–Kier alpha value is -2.26. The van der Waals surface area contributed by atoms with Crippen LogP contribution in [0.3, 0.4) is 0 Å². The van der Waals surface area contributed by atoms with Crippen molar-refractivity contribution in [3.8, 4) is 5.75 Å². The van der Waals surface area contributed by atoms with Gasteiger partial charge in [-0.2, -0.15) is 0 Å². The third-order valence-electron chi connectivity index (χ3n) is 3.05. The van der Waals surface area contributed by atoms with Crippen LogP contribution in [0.5, 0.6) is 5.75 Å². The van der Waals surface area contributed by atoms with E-state index in [1.807, 2.05) is 43.3 Å². The van der Waals surface area contributed by atoms with Gasteiger partial charge in [-0.25, -0.2) is 0 Å². The molecule has 0 atom stereocenters. The maximum absolute atomic E-state index is 9.32. The molecule has 0 spiro atoms. The van der Waals surface area contributed by atoms with Crippen molar-refractivity contribution in [1.82, 2.24) is 4.98 Å². The number of aromatic hydroxyl groups is 1. The standard InChI is InChI=1S/C16H13ClN2O/c1-10-8-16(19-12-3-5-13(20)6-4-12)14-9-11(17)2-7-15(14)18-10/h2-9,20H,1H3,(H,18,19). The normalized spacial score (nSPS) is 10.7. The Bertz CT molecular complexity index is 769. The predicted molar refractivity (Wildman–Crippen MR) is 82.9 cm³/mol. The molecule has 0 fully saturated rings. The molecule has 0 amide bonds. The molecule has 3 aromatic rings. The van der Waals surface area contributed by atoms with Crippen LogP contribution in [0.25, 0.3) is 10.9 Å². The quantitative estimate of drug-likeness (QED) is 0.674. The Morgan fingerprint density at radius 2 is 1.80 bits per heavy atom. The van der Waals surface area contributed by atoms with Gasteiger partial charge in [-0.3, -0.25) is 4.98 Å². The average Bonchev–Trinajstić information content (AvgIpc) is 2.42. The first kappa shape index (κ1) is 12.8. The van der Waals surface area contributed by atoms with E-state index in [1.54, 1.807) is 12.1 Å². The monoisotopic (exact) mass is 284 g/mol. The molecule has 20 heavy (non-hydrogen) atoms. The van der Waals surface area contributed by atoms with Crippen molar-refractivity contribution in [1.29, 1.82) is 0 Å². The zero-order valence-electron chi connectivity index (χ0n) is 10.9. The molecular weight excluding hydrogens is 272 g/mol. The molecule has 4 heteroatoms. The van der Waals surface area contributed by atoms with Crippen LogP contribution in [0.2, 0.25) is 5.02 Å². The SMILES string of the molecule is Cc1cc(Nc2ccc(O)cc2)c2cc(Cl)ccc2n1. The van der Waals surface area contributed by atoms with E-state index in [4.69, 9.17) is 11.6 Å². The summed E-state index contributed by atoms with van der Waals surface area (Å²) in [5.74, 6) is 0.245. The largest absolute Gasteiger partial charge is 0.508 e. The van der Waals surface area contributed by atoms with Gasteiger partial charge in [0.15, 0.2) is 0 Å². The summed E-state index contributed by atoms with van der Waals surface area (Å²) in [6, 6.07) is 14.5. The molecule has 1 aromatic heterocycles. The zero-order chi connectivity index (χ0) is 14.1. The van der Waals surface area contributed by atoms with Crippen molar-refractivity contribution in [2.24, 2.45) is 0 Å². The van der Waals surface area contributed by atoms with Crippen molar-refractivity contribution in [3.63, 3.8) is 0 Å². The number of halogens is 1. The van der Waals surface area contributed by atoms with E-state index < -0.39 is 0 Å². The molecule has 0 bridgehead atoms. The van der Waals surface area contributed by atoms with Gasteiger partial charge in [-0.05, 0) is 55.5 Å². The van der Waals surface area contributed by atoms with Crippen molar-refractivity contribution in [2.75, 3.05) is 5.32 Å². The minimum atomic E-state index is 0.245. The second-order valence-corrected chi connectivity index (χ2v) is 5.08. The summed E-state index contributed by atoms with van der Waals surface area (Å²) >= 11 is 6.07. The summed E-state index contributed by atoms with van der Waals surface area (Å²) in [6.07, 6.45) is 0. The molecule has 0 aliphatic heterocycles. The van der Waals surface area contributed by atoms with Gasteiger partial charge in [-0.15, -0.1) is 0 Å². The molecule has 3 rings (SSSR count). The van der Waals surface area contributed by atoms with Crippen LogP contribution < -0.4 is 5.32 Å². The van der Waals surface area contributed by atoms with Crippen LogP contribution in [-0.2, 0) is 0 Å². The lowest BCUT2D eigenvalue weighted by Gasteiger charge is -2.11. The van der Waals surface area contributed by atoms with E-state index >= 15 is 0 Å². The number of hydrogen-bond acceptors (Lipinski definition) is 3. The van der Waals surface area contributed by atoms with Gasteiger partial charge < -0.3 is 10.4 Å². The number of nitrogens with one attached hydrogen (secondary N) is 1. The van der Waals surface area contributed by atoms with Crippen LogP contribution in [-0.4, -0.2) is 10.1 Å². The predicted octanol–water partition coefficient (Wildman–Crippen LogP) is 4.65. The van der Waals surface area contributed by atoms with Crippen LogP contribution >= 0.6 is 11.6 Å². The number of fused-ring (bicyclic) bond motifs is 1. The molecule has 0 unspecified atom stereocenters. The highest BCUT2D eigenvalue weighted by molar-refractivity contribution is 6.31. The molecule has 0 saturated carbocycles. The van der Waals surface area contributed by atoms with Gasteiger partial charge in [0.05, 0.1) is 5.52 Å². The van der Waals surface area contributed by atoms with Gasteiger partial charge in [-0.1, -0.05) is 11.6 Å². The smallest absolute Gasteiger partial charge is 0.115 e. The fraction of sp³-hybridized carbons (Fsp3) is 0.0625. The summed E-state index contributed by atoms with van der Waals surface area (Å²) < 4.78 is 0. The molecule has 0 radical (unpaired) electrons. The van der Waals surface area contributed by atoms with Gasteiger partial charge in [0.25, 0.3) is 0 Å². The first-order valence-electron chi connectivity index (χ1n) is 6.25. The molecule has 3 nitrogen and oxygen atoms in total. The minimum Gasteiger partial charge on any atom is -0.508 e. The van der Waals surface area contributed by atoms with Gasteiger partial charge in [0.2, 0.25) is 0 Å². The molecule has 100 valence electrons. The third kappa shape index (κ3) is 2.53. The van der Waals surface area contributed by atoms with Crippen molar-refractivity contribution in [3.05, 3.63) is 59.2 Å². The van der Waals surface area contributed by atoms with E-state index in [1.165, 1.54) is 0 Å². The Labute approximate surface area is 121 Å². The Morgan fingerprint density at radius 1 is 1.05 bits per heavy atom. The summed E-state index contributed by atoms with van der Waals surface area (Å²) in [6.45, 7) is 1.95. The number of benzene rings is 2. The van der Waals surface area contributed by atoms with Gasteiger partial charge in [0, 0.05) is 27.5 Å². The van der Waals surface area contributed by atoms with E-state index in [2.05, 4.69) is 10.3 Å². The lowest BCUT2D eigenvalue weighted by atomic mass is 10.1. The highest BCUT2D eigenvalue weighted by atomic mass is 35.5. The number of phenols is 1. The van der Waals surface area contributed by atoms with E-state index in [9.17, 15) is 5.11 Å². The van der Waals surface area contributed by atoms with Crippen molar-refractivity contribution >= 4 is 33.9 Å². The lowest BCUT2D eigenvalue weighted by Crippen LogP contribution is -1.94. The second-order valence-electron chi connectivity index (χ2n) is 4.64. The molecule has 0 aliphatic carbocycles. The number of anilines is 2. The summed E-state index contributed by atoms with van der Waals surface area (Å²) in [7, 11) is 0. The topological polar surface area (TPSA) is 45.1 Å². The highest BCUT2D eigenvalue weighted by Gasteiger charge is 2.05. The number of nitrogens with zero attached hydrogens (tertiary/aromatic N) is 1. The number of hydrogen-bond donors (Lipinski definition) is 2. The highest BCUT2D eigenvalue weighted by Crippen LogP contribution is 2.29. The van der Waals surface area contributed by atoms with Crippen molar-refractivity contribution < 1.29 is 5.11 Å². The molecular formula is C16H13ClN2O. The Morgan fingerprint density at radius 3 is 2.55 bits per heavy atom. The van der Waals surface area contributed by atoms with Gasteiger partial charge >= 0.3 is 0 Å². The van der Waals surface area contributed by atoms with E-state index in [0.29, 0.717) is 5.02 Å². The van der Waals surface area contributed by atoms with Crippen LogP contribution in [0.4, 0.5) is 11.4 Å². The molecule has 2 aromatic carbocycles. The van der Waals surface area contributed by atoms with Crippen LogP contribution in [0, 0.1) is 6.92 Å². The molecule has 0 saturated heterocycles. The first-order valence-corrected chi connectivity index (χ1v) is 6.62. The number of aromatic nitrogens is 1.